The standard InChI is InChI=1S/C13H23NO2S/c1-17-13(5-3-2-4-6-13)10-14-8-11(9-15)7-12(14)16/h11,15H,2-10H2,1H3. The van der Waals surface area contributed by atoms with Gasteiger partial charge in [-0.3, -0.25) is 4.79 Å². The van der Waals surface area contributed by atoms with Gasteiger partial charge < -0.3 is 10.0 Å². The first kappa shape index (κ1) is 13.2. The number of aliphatic hydroxyl groups excluding tert-OH is 1. The molecule has 2 rings (SSSR count). The van der Waals surface area contributed by atoms with Gasteiger partial charge in [0.15, 0.2) is 0 Å². The molecule has 0 spiro atoms. The Balaban J connectivity index is 1.96. The van der Waals surface area contributed by atoms with E-state index in [9.17, 15) is 4.79 Å². The first-order chi connectivity index (χ1) is 8.19. The van der Waals surface area contributed by atoms with Crippen molar-refractivity contribution >= 4 is 17.7 Å². The van der Waals surface area contributed by atoms with E-state index in [0.29, 0.717) is 6.42 Å². The topological polar surface area (TPSA) is 40.5 Å². The fourth-order valence-electron chi connectivity index (χ4n) is 3.10. The van der Waals surface area contributed by atoms with Crippen LogP contribution in [0.5, 0.6) is 0 Å². The molecule has 1 aliphatic carbocycles. The lowest BCUT2D eigenvalue weighted by molar-refractivity contribution is -0.128. The van der Waals surface area contributed by atoms with Crippen LogP contribution in [0.1, 0.15) is 38.5 Å². The molecule has 4 heteroatoms. The van der Waals surface area contributed by atoms with Crippen molar-refractivity contribution in [1.29, 1.82) is 0 Å². The third-order valence-corrected chi connectivity index (χ3v) is 5.63. The predicted molar refractivity (Wildman–Crippen MR) is 71.1 cm³/mol. The molecular weight excluding hydrogens is 234 g/mol. The fourth-order valence-corrected chi connectivity index (χ4v) is 4.08. The molecule has 1 atom stereocenters. The largest absolute Gasteiger partial charge is 0.396 e. The highest BCUT2D eigenvalue weighted by Crippen LogP contribution is 2.40. The summed E-state index contributed by atoms with van der Waals surface area (Å²) in [5.74, 6) is 0.410. The van der Waals surface area contributed by atoms with Crippen LogP contribution in [-0.4, -0.2) is 46.6 Å². The summed E-state index contributed by atoms with van der Waals surface area (Å²) in [6, 6.07) is 0. The molecule has 0 radical (unpaired) electrons. The molecule has 1 unspecified atom stereocenters. The Kier molecular flexibility index (Phi) is 4.36. The second-order valence-corrected chi connectivity index (χ2v) is 6.75. The van der Waals surface area contributed by atoms with Crippen LogP contribution in [0.15, 0.2) is 0 Å². The lowest BCUT2D eigenvalue weighted by Gasteiger charge is -2.38. The summed E-state index contributed by atoms with van der Waals surface area (Å²) < 4.78 is 0.290. The maximum atomic E-state index is 11.9. The zero-order valence-corrected chi connectivity index (χ0v) is 11.5. The van der Waals surface area contributed by atoms with E-state index < -0.39 is 0 Å². The van der Waals surface area contributed by atoms with Gasteiger partial charge in [-0.15, -0.1) is 0 Å². The second kappa shape index (κ2) is 5.61. The summed E-state index contributed by atoms with van der Waals surface area (Å²) in [5.41, 5.74) is 0. The molecular formula is C13H23NO2S. The van der Waals surface area contributed by atoms with Gasteiger partial charge in [-0.1, -0.05) is 19.3 Å². The molecule has 2 aliphatic rings. The number of hydrogen-bond donors (Lipinski definition) is 1. The van der Waals surface area contributed by atoms with E-state index in [1.54, 1.807) is 0 Å². The molecule has 0 aromatic heterocycles. The molecule has 1 saturated heterocycles. The van der Waals surface area contributed by atoms with Crippen LogP contribution in [0.25, 0.3) is 0 Å². The zero-order chi connectivity index (χ0) is 12.3. The van der Waals surface area contributed by atoms with Crippen molar-refractivity contribution in [1.82, 2.24) is 4.90 Å². The van der Waals surface area contributed by atoms with Gasteiger partial charge in [0.05, 0.1) is 0 Å². The molecule has 1 aliphatic heterocycles. The van der Waals surface area contributed by atoms with E-state index in [2.05, 4.69) is 6.26 Å². The summed E-state index contributed by atoms with van der Waals surface area (Å²) in [6.45, 7) is 1.80. The Hall–Kier alpha value is -0.220. The summed E-state index contributed by atoms with van der Waals surface area (Å²) in [5, 5.41) is 9.14. The van der Waals surface area contributed by atoms with E-state index in [-0.39, 0.29) is 23.2 Å². The highest BCUT2D eigenvalue weighted by molar-refractivity contribution is 8.00. The Morgan fingerprint density at radius 3 is 2.65 bits per heavy atom. The summed E-state index contributed by atoms with van der Waals surface area (Å²) in [6.07, 6.45) is 9.13. The van der Waals surface area contributed by atoms with Gasteiger partial charge in [-0.05, 0) is 19.1 Å². The molecule has 0 aromatic rings. The van der Waals surface area contributed by atoms with E-state index in [1.165, 1.54) is 32.1 Å². The minimum absolute atomic E-state index is 0.147. The second-order valence-electron chi connectivity index (χ2n) is 5.47. The van der Waals surface area contributed by atoms with Crippen LogP contribution in [0.3, 0.4) is 0 Å². The number of likely N-dealkylation sites (tertiary alicyclic amines) is 1. The fraction of sp³-hybridized carbons (Fsp3) is 0.923. The highest BCUT2D eigenvalue weighted by atomic mass is 32.2. The minimum Gasteiger partial charge on any atom is -0.396 e. The number of hydrogen-bond acceptors (Lipinski definition) is 3. The summed E-state index contributed by atoms with van der Waals surface area (Å²) in [4.78, 5) is 13.9. The van der Waals surface area contributed by atoms with Crippen molar-refractivity contribution < 1.29 is 9.90 Å². The van der Waals surface area contributed by atoms with Crippen LogP contribution in [0, 0.1) is 5.92 Å². The van der Waals surface area contributed by atoms with Gasteiger partial charge >= 0.3 is 0 Å². The number of amides is 1. The monoisotopic (exact) mass is 257 g/mol. The van der Waals surface area contributed by atoms with Crippen LogP contribution in [0.2, 0.25) is 0 Å². The number of aliphatic hydroxyl groups is 1. The Bertz CT molecular complexity index is 277. The molecule has 1 saturated carbocycles. The summed E-state index contributed by atoms with van der Waals surface area (Å²) in [7, 11) is 0. The molecule has 1 N–H and O–H groups in total. The van der Waals surface area contributed by atoms with Gasteiger partial charge in [0, 0.05) is 36.8 Å². The van der Waals surface area contributed by atoms with Crippen molar-refractivity contribution in [2.45, 2.75) is 43.3 Å². The Morgan fingerprint density at radius 2 is 2.12 bits per heavy atom. The number of thioether (sulfide) groups is 1. The van der Waals surface area contributed by atoms with Crippen LogP contribution < -0.4 is 0 Å². The Morgan fingerprint density at radius 1 is 1.41 bits per heavy atom. The van der Waals surface area contributed by atoms with Gasteiger partial charge in [0.1, 0.15) is 0 Å². The van der Waals surface area contributed by atoms with Gasteiger partial charge in [-0.25, -0.2) is 0 Å². The number of carbonyl (C=O) groups excluding carboxylic acids is 1. The van der Waals surface area contributed by atoms with Gasteiger partial charge in [-0.2, -0.15) is 11.8 Å². The lowest BCUT2D eigenvalue weighted by atomic mass is 9.88. The molecule has 1 heterocycles. The third-order valence-electron chi connectivity index (χ3n) is 4.23. The predicted octanol–water partition coefficient (Wildman–Crippen LogP) is 1.89. The third kappa shape index (κ3) is 2.97. The molecule has 3 nitrogen and oxygen atoms in total. The smallest absolute Gasteiger partial charge is 0.223 e. The number of nitrogens with zero attached hydrogens (tertiary/aromatic N) is 1. The van der Waals surface area contributed by atoms with Gasteiger partial charge in [0.2, 0.25) is 5.91 Å². The van der Waals surface area contributed by atoms with Crippen LogP contribution >= 0.6 is 11.8 Å². The maximum absolute atomic E-state index is 11.9. The SMILES string of the molecule is CSC1(CN2CC(CO)CC2=O)CCCCC1. The van der Waals surface area contributed by atoms with Crippen molar-refractivity contribution in [2.24, 2.45) is 5.92 Å². The van der Waals surface area contributed by atoms with E-state index in [0.717, 1.165) is 13.1 Å². The molecule has 0 aromatic carbocycles. The number of rotatable bonds is 4. The normalized spacial score (nSPS) is 28.7. The van der Waals surface area contributed by atoms with Crippen LogP contribution in [-0.2, 0) is 4.79 Å². The van der Waals surface area contributed by atoms with Crippen molar-refractivity contribution in [3.8, 4) is 0 Å². The first-order valence-electron chi connectivity index (χ1n) is 6.63. The lowest BCUT2D eigenvalue weighted by Crippen LogP contribution is -2.42. The molecule has 2 fully saturated rings. The Labute approximate surface area is 108 Å². The highest BCUT2D eigenvalue weighted by Gasteiger charge is 2.38. The number of carbonyl (C=O) groups is 1. The van der Waals surface area contributed by atoms with E-state index >= 15 is 0 Å². The van der Waals surface area contributed by atoms with Crippen molar-refractivity contribution in [3.05, 3.63) is 0 Å². The maximum Gasteiger partial charge on any atom is 0.223 e. The minimum atomic E-state index is 0.147. The van der Waals surface area contributed by atoms with E-state index in [4.69, 9.17) is 5.11 Å². The molecule has 0 bridgehead atoms. The van der Waals surface area contributed by atoms with Crippen molar-refractivity contribution in [3.63, 3.8) is 0 Å². The van der Waals surface area contributed by atoms with Crippen LogP contribution in [0.4, 0.5) is 0 Å². The van der Waals surface area contributed by atoms with E-state index in [1.807, 2.05) is 16.7 Å². The first-order valence-corrected chi connectivity index (χ1v) is 7.85. The molecule has 98 valence electrons. The van der Waals surface area contributed by atoms with Gasteiger partial charge in [0.25, 0.3) is 0 Å². The summed E-state index contributed by atoms with van der Waals surface area (Å²) >= 11 is 1.93. The average Bonchev–Trinajstić information content (AvgIpc) is 2.71. The average molecular weight is 257 g/mol. The quantitative estimate of drug-likeness (QED) is 0.836. The molecule has 17 heavy (non-hydrogen) atoms. The van der Waals surface area contributed by atoms with Crippen molar-refractivity contribution in [2.75, 3.05) is 26.0 Å². The zero-order valence-electron chi connectivity index (χ0n) is 10.7. The molecule has 1 amide bonds.